The maximum atomic E-state index is 14.3. The molecule has 4 rings (SSSR count). The Bertz CT molecular complexity index is 1090. The molecule has 0 atom stereocenters. The predicted octanol–water partition coefficient (Wildman–Crippen LogP) is 4.36. The number of phenolic OH excluding ortho intramolecular Hbond substituents is 2. The molecule has 0 radical (unpaired) electrons. The lowest BCUT2D eigenvalue weighted by molar-refractivity contribution is 0.471. The zero-order valence-corrected chi connectivity index (χ0v) is 12.8. The lowest BCUT2D eigenvalue weighted by atomic mass is 10.1. The molecule has 0 amide bonds. The van der Waals surface area contributed by atoms with Crippen LogP contribution in [0.2, 0.25) is 0 Å². The van der Waals surface area contributed by atoms with Crippen molar-refractivity contribution in [2.45, 2.75) is 0 Å². The van der Waals surface area contributed by atoms with Crippen molar-refractivity contribution >= 4 is 5.52 Å². The van der Waals surface area contributed by atoms with Crippen molar-refractivity contribution in [1.82, 2.24) is 9.38 Å². The average molecular weight is 338 g/mol. The zero-order chi connectivity index (χ0) is 17.6. The largest absolute Gasteiger partial charge is 0.507 e. The molecule has 0 saturated carbocycles. The molecule has 2 heterocycles. The van der Waals surface area contributed by atoms with Crippen molar-refractivity contribution < 1.29 is 19.0 Å². The first kappa shape index (κ1) is 15.1. The third-order valence-electron chi connectivity index (χ3n) is 3.98. The minimum absolute atomic E-state index is 0.0449. The summed E-state index contributed by atoms with van der Waals surface area (Å²) in [5, 5.41) is 20.2. The van der Waals surface area contributed by atoms with Gasteiger partial charge in [-0.05, 0) is 36.4 Å². The second kappa shape index (κ2) is 5.59. The molecule has 124 valence electrons. The summed E-state index contributed by atoms with van der Waals surface area (Å²) in [5.74, 6) is -1.52. The van der Waals surface area contributed by atoms with Gasteiger partial charge >= 0.3 is 0 Å². The molecule has 2 aromatic carbocycles. The van der Waals surface area contributed by atoms with Crippen molar-refractivity contribution in [3.8, 4) is 34.1 Å². The molecule has 25 heavy (non-hydrogen) atoms. The Labute approximate surface area is 141 Å². The van der Waals surface area contributed by atoms with Crippen LogP contribution in [0.1, 0.15) is 0 Å². The summed E-state index contributed by atoms with van der Waals surface area (Å²) in [6.45, 7) is 0. The van der Waals surface area contributed by atoms with Gasteiger partial charge in [0.1, 0.15) is 28.8 Å². The summed E-state index contributed by atoms with van der Waals surface area (Å²) in [4.78, 5) is 4.42. The summed E-state index contributed by atoms with van der Waals surface area (Å²) in [7, 11) is 0. The van der Waals surface area contributed by atoms with Crippen molar-refractivity contribution in [3.05, 3.63) is 72.4 Å². The van der Waals surface area contributed by atoms with Crippen LogP contribution in [-0.2, 0) is 0 Å². The molecule has 0 aliphatic rings. The summed E-state index contributed by atoms with van der Waals surface area (Å²) in [5.41, 5.74) is 1.21. The van der Waals surface area contributed by atoms with Gasteiger partial charge in [0.05, 0.1) is 11.1 Å². The fraction of sp³-hybridized carbons (Fsp3) is 0. The van der Waals surface area contributed by atoms with E-state index in [1.165, 1.54) is 30.3 Å². The summed E-state index contributed by atoms with van der Waals surface area (Å²) in [6.07, 6.45) is 1.67. The summed E-state index contributed by atoms with van der Waals surface area (Å²) in [6, 6.07) is 12.9. The molecule has 4 aromatic rings. The molecule has 0 unspecified atom stereocenters. The highest BCUT2D eigenvalue weighted by atomic mass is 19.1. The van der Waals surface area contributed by atoms with Crippen LogP contribution in [0.25, 0.3) is 28.2 Å². The van der Waals surface area contributed by atoms with E-state index in [1.807, 2.05) is 0 Å². The Morgan fingerprint density at radius 3 is 2.48 bits per heavy atom. The van der Waals surface area contributed by atoms with Gasteiger partial charge in [-0.2, -0.15) is 0 Å². The normalized spacial score (nSPS) is 11.1. The SMILES string of the molecule is Oc1cc(F)ccc1-c1nc(-c2c(O)cccc2F)n2ccccc12. The molecular formula is C19H12F2N2O2. The van der Waals surface area contributed by atoms with E-state index in [0.717, 1.165) is 6.07 Å². The van der Waals surface area contributed by atoms with Gasteiger partial charge in [-0.3, -0.25) is 4.40 Å². The number of pyridine rings is 1. The van der Waals surface area contributed by atoms with Crippen LogP contribution in [-0.4, -0.2) is 19.6 Å². The molecule has 6 heteroatoms. The van der Waals surface area contributed by atoms with Crippen LogP contribution in [0.4, 0.5) is 8.78 Å². The number of halogens is 2. The number of hydrogen-bond donors (Lipinski definition) is 2. The van der Waals surface area contributed by atoms with E-state index in [1.54, 1.807) is 28.8 Å². The number of rotatable bonds is 2. The Morgan fingerprint density at radius 1 is 0.880 bits per heavy atom. The summed E-state index contributed by atoms with van der Waals surface area (Å²) < 4.78 is 29.2. The number of fused-ring (bicyclic) bond motifs is 1. The molecular weight excluding hydrogens is 326 g/mol. The Hall–Kier alpha value is -3.41. The Kier molecular flexibility index (Phi) is 3.39. The second-order valence-electron chi connectivity index (χ2n) is 5.54. The lowest BCUT2D eigenvalue weighted by Gasteiger charge is -2.04. The first-order valence-electron chi connectivity index (χ1n) is 7.50. The fourth-order valence-electron chi connectivity index (χ4n) is 2.85. The molecule has 0 aliphatic carbocycles. The molecule has 0 saturated heterocycles. The van der Waals surface area contributed by atoms with Gasteiger partial charge in [-0.25, -0.2) is 13.8 Å². The summed E-state index contributed by atoms with van der Waals surface area (Å²) >= 11 is 0. The maximum absolute atomic E-state index is 14.3. The first-order chi connectivity index (χ1) is 12.1. The van der Waals surface area contributed by atoms with E-state index < -0.39 is 11.6 Å². The van der Waals surface area contributed by atoms with Crippen LogP contribution in [0.5, 0.6) is 11.5 Å². The molecule has 4 nitrogen and oxygen atoms in total. The monoisotopic (exact) mass is 338 g/mol. The van der Waals surface area contributed by atoms with E-state index >= 15 is 0 Å². The third kappa shape index (κ3) is 2.39. The second-order valence-corrected chi connectivity index (χ2v) is 5.54. The van der Waals surface area contributed by atoms with Crippen molar-refractivity contribution in [2.75, 3.05) is 0 Å². The number of phenols is 2. The average Bonchev–Trinajstić information content (AvgIpc) is 2.94. The Morgan fingerprint density at radius 2 is 1.72 bits per heavy atom. The van der Waals surface area contributed by atoms with Gasteiger partial charge in [-0.1, -0.05) is 12.1 Å². The maximum Gasteiger partial charge on any atom is 0.152 e. The highest BCUT2D eigenvalue weighted by Gasteiger charge is 2.21. The fourth-order valence-corrected chi connectivity index (χ4v) is 2.85. The van der Waals surface area contributed by atoms with Crippen LogP contribution in [0.15, 0.2) is 60.8 Å². The lowest BCUT2D eigenvalue weighted by Crippen LogP contribution is -1.92. The molecule has 2 N–H and O–H groups in total. The number of hydrogen-bond acceptors (Lipinski definition) is 3. The molecule has 0 spiro atoms. The minimum Gasteiger partial charge on any atom is -0.507 e. The molecule has 0 fully saturated rings. The number of aromatic hydroxyl groups is 2. The van der Waals surface area contributed by atoms with Gasteiger partial charge in [0.25, 0.3) is 0 Å². The number of imidazole rings is 1. The van der Waals surface area contributed by atoms with Gasteiger partial charge in [0.2, 0.25) is 0 Å². The van der Waals surface area contributed by atoms with Gasteiger partial charge < -0.3 is 10.2 Å². The third-order valence-corrected chi connectivity index (χ3v) is 3.98. The zero-order valence-electron chi connectivity index (χ0n) is 12.8. The molecule has 0 bridgehead atoms. The van der Waals surface area contributed by atoms with E-state index in [2.05, 4.69) is 4.98 Å². The van der Waals surface area contributed by atoms with Crippen LogP contribution >= 0.6 is 0 Å². The number of nitrogens with zero attached hydrogens (tertiary/aromatic N) is 2. The van der Waals surface area contributed by atoms with Gasteiger partial charge in [0, 0.05) is 17.8 Å². The minimum atomic E-state index is -0.620. The molecule has 0 aliphatic heterocycles. The first-order valence-corrected chi connectivity index (χ1v) is 7.50. The number of benzene rings is 2. The van der Waals surface area contributed by atoms with Crippen LogP contribution < -0.4 is 0 Å². The van der Waals surface area contributed by atoms with E-state index in [4.69, 9.17) is 0 Å². The Balaban J connectivity index is 2.06. The van der Waals surface area contributed by atoms with Gasteiger partial charge in [-0.15, -0.1) is 0 Å². The highest BCUT2D eigenvalue weighted by Crippen LogP contribution is 2.37. The molecule has 2 aromatic heterocycles. The van der Waals surface area contributed by atoms with E-state index in [-0.39, 0.29) is 22.9 Å². The standard InChI is InChI=1S/C19H12F2N2O2/c20-11-7-8-12(16(25)10-11)18-14-5-1-2-9-23(14)19(22-18)17-13(21)4-3-6-15(17)24/h1-10,24-25H. The van der Waals surface area contributed by atoms with Crippen molar-refractivity contribution in [2.24, 2.45) is 0 Å². The van der Waals surface area contributed by atoms with E-state index in [0.29, 0.717) is 16.8 Å². The van der Waals surface area contributed by atoms with Crippen molar-refractivity contribution in [3.63, 3.8) is 0 Å². The number of aromatic nitrogens is 2. The van der Waals surface area contributed by atoms with E-state index in [9.17, 15) is 19.0 Å². The highest BCUT2D eigenvalue weighted by molar-refractivity contribution is 5.85. The van der Waals surface area contributed by atoms with Gasteiger partial charge in [0.15, 0.2) is 5.82 Å². The quantitative estimate of drug-likeness (QED) is 0.571. The van der Waals surface area contributed by atoms with Crippen molar-refractivity contribution in [1.29, 1.82) is 0 Å². The topological polar surface area (TPSA) is 57.8 Å². The smallest absolute Gasteiger partial charge is 0.152 e. The predicted molar refractivity (Wildman–Crippen MR) is 89.3 cm³/mol. The van der Waals surface area contributed by atoms with Crippen LogP contribution in [0.3, 0.4) is 0 Å². The van der Waals surface area contributed by atoms with Crippen LogP contribution in [0, 0.1) is 11.6 Å².